The molecule has 0 spiro atoms. The predicted molar refractivity (Wildman–Crippen MR) is 121 cm³/mol. The van der Waals surface area contributed by atoms with Crippen molar-refractivity contribution in [2.24, 2.45) is 0 Å². The van der Waals surface area contributed by atoms with E-state index in [9.17, 15) is 0 Å². The van der Waals surface area contributed by atoms with Gasteiger partial charge in [0, 0.05) is 10.8 Å². The van der Waals surface area contributed by atoms with Crippen LogP contribution in [0.1, 0.15) is 0 Å². The fraction of sp³-hybridized carbons (Fsp3) is 0. The van der Waals surface area contributed by atoms with E-state index in [1.807, 2.05) is 18.2 Å². The van der Waals surface area contributed by atoms with Crippen LogP contribution < -0.4 is 0 Å². The van der Waals surface area contributed by atoms with Crippen LogP contribution in [0.2, 0.25) is 0 Å². The minimum Gasteiger partial charge on any atom is -0.456 e. The molecule has 0 saturated carbocycles. The molecule has 0 N–H and O–H groups in total. The summed E-state index contributed by atoms with van der Waals surface area (Å²) in [6, 6.07) is 29.7. The van der Waals surface area contributed by atoms with Gasteiger partial charge in [-0.1, -0.05) is 53.8 Å². The van der Waals surface area contributed by atoms with Crippen molar-refractivity contribution in [2.75, 3.05) is 0 Å². The molecule has 0 aliphatic carbocycles. The third-order valence-electron chi connectivity index (χ3n) is 5.64. The van der Waals surface area contributed by atoms with Gasteiger partial charge in [0.25, 0.3) is 0 Å². The first-order valence-corrected chi connectivity index (χ1v) is 10.4. The second-order valence-electron chi connectivity index (χ2n) is 7.31. The maximum atomic E-state index is 5.99. The van der Waals surface area contributed by atoms with E-state index in [0.717, 1.165) is 37.9 Å². The Morgan fingerprint density at radius 3 is 2.48 bits per heavy atom. The highest BCUT2D eigenvalue weighted by Crippen LogP contribution is 2.36. The highest BCUT2D eigenvalue weighted by molar-refractivity contribution is 7.23. The third-order valence-corrected chi connectivity index (χ3v) is 6.66. The van der Waals surface area contributed by atoms with Gasteiger partial charge in [0.2, 0.25) is 0 Å². The average Bonchev–Trinajstić information content (AvgIpc) is 3.42. The molecule has 3 heterocycles. The van der Waals surface area contributed by atoms with Crippen molar-refractivity contribution < 1.29 is 4.42 Å². The summed E-state index contributed by atoms with van der Waals surface area (Å²) in [6.07, 6.45) is 0. The Hall–Kier alpha value is -3.63. The summed E-state index contributed by atoms with van der Waals surface area (Å²) in [5, 5.41) is 2.31. The third kappa shape index (κ3) is 2.09. The van der Waals surface area contributed by atoms with Crippen molar-refractivity contribution in [1.82, 2.24) is 9.38 Å². The minimum absolute atomic E-state index is 0.926. The van der Waals surface area contributed by atoms with Crippen LogP contribution in [0.25, 0.3) is 59.3 Å². The number of nitrogens with zero attached hydrogens (tertiary/aromatic N) is 2. The summed E-state index contributed by atoms with van der Waals surface area (Å²) in [4.78, 5) is 5.83. The number of thiazole rings is 1. The van der Waals surface area contributed by atoms with Crippen LogP contribution in [0.3, 0.4) is 0 Å². The zero-order valence-corrected chi connectivity index (χ0v) is 16.1. The van der Waals surface area contributed by atoms with Gasteiger partial charge < -0.3 is 4.42 Å². The van der Waals surface area contributed by atoms with Crippen molar-refractivity contribution in [3.63, 3.8) is 0 Å². The lowest BCUT2D eigenvalue weighted by Gasteiger charge is -2.03. The van der Waals surface area contributed by atoms with Gasteiger partial charge >= 0.3 is 0 Å². The number of benzene rings is 4. The van der Waals surface area contributed by atoms with Crippen molar-refractivity contribution in [2.45, 2.75) is 0 Å². The molecule has 0 unspecified atom stereocenters. The normalized spacial score (nSPS) is 12.1. The Kier molecular flexibility index (Phi) is 2.88. The number of imidazole rings is 1. The summed E-state index contributed by atoms with van der Waals surface area (Å²) in [5.74, 6) is 0. The van der Waals surface area contributed by atoms with Gasteiger partial charge in [-0.2, -0.15) is 0 Å². The van der Waals surface area contributed by atoms with E-state index in [0.29, 0.717) is 0 Å². The van der Waals surface area contributed by atoms with E-state index in [1.54, 1.807) is 11.3 Å². The average molecular weight is 390 g/mol. The number of furan rings is 1. The molecule has 0 atom stereocenters. The van der Waals surface area contributed by atoms with Gasteiger partial charge in [0.05, 0.1) is 21.3 Å². The van der Waals surface area contributed by atoms with Crippen LogP contribution in [0.15, 0.2) is 89.3 Å². The molecule has 3 nitrogen and oxygen atoms in total. The molecule has 0 aliphatic rings. The minimum atomic E-state index is 0.926. The molecular weight excluding hydrogens is 376 g/mol. The molecule has 0 bridgehead atoms. The Balaban J connectivity index is 1.50. The largest absolute Gasteiger partial charge is 0.456 e. The first-order valence-electron chi connectivity index (χ1n) is 9.57. The number of fused-ring (bicyclic) bond motifs is 8. The number of hydrogen-bond donors (Lipinski definition) is 0. The second kappa shape index (κ2) is 5.46. The van der Waals surface area contributed by atoms with Crippen LogP contribution in [0, 0.1) is 0 Å². The molecule has 0 amide bonds. The van der Waals surface area contributed by atoms with Crippen LogP contribution in [0.4, 0.5) is 0 Å². The Morgan fingerprint density at radius 1 is 0.690 bits per heavy atom. The lowest BCUT2D eigenvalue weighted by Crippen LogP contribution is -1.83. The zero-order chi connectivity index (χ0) is 18.9. The summed E-state index contributed by atoms with van der Waals surface area (Å²) in [5.41, 5.74) is 7.64. The summed E-state index contributed by atoms with van der Waals surface area (Å²) in [7, 11) is 0. The van der Waals surface area contributed by atoms with Crippen LogP contribution >= 0.6 is 11.3 Å². The fourth-order valence-corrected chi connectivity index (χ4v) is 5.29. The maximum Gasteiger partial charge on any atom is 0.195 e. The number of para-hydroxylation sites is 3. The second-order valence-corrected chi connectivity index (χ2v) is 8.32. The van der Waals surface area contributed by atoms with Crippen LogP contribution in [-0.4, -0.2) is 9.38 Å². The van der Waals surface area contributed by atoms with E-state index < -0.39 is 0 Å². The molecule has 0 radical (unpaired) electrons. The van der Waals surface area contributed by atoms with E-state index in [4.69, 9.17) is 9.40 Å². The molecule has 29 heavy (non-hydrogen) atoms. The molecule has 0 fully saturated rings. The van der Waals surface area contributed by atoms with Crippen molar-refractivity contribution in [3.05, 3.63) is 84.9 Å². The number of rotatable bonds is 1. The van der Waals surface area contributed by atoms with E-state index in [2.05, 4.69) is 71.1 Å². The zero-order valence-electron chi connectivity index (χ0n) is 15.3. The van der Waals surface area contributed by atoms with Crippen LogP contribution in [0.5, 0.6) is 0 Å². The summed E-state index contributed by atoms with van der Waals surface area (Å²) < 4.78 is 9.50. The quantitative estimate of drug-likeness (QED) is 0.295. The highest BCUT2D eigenvalue weighted by Gasteiger charge is 2.13. The molecule has 4 aromatic carbocycles. The van der Waals surface area contributed by atoms with Gasteiger partial charge in [0.1, 0.15) is 11.2 Å². The SMILES string of the molecule is c1ccc2c(c1)nc1sc3ccc(-c4ccc5oc6ccccc6c5c4)cc3n12. The van der Waals surface area contributed by atoms with Crippen molar-refractivity contribution in [3.8, 4) is 11.1 Å². The van der Waals surface area contributed by atoms with Gasteiger partial charge in [0.15, 0.2) is 4.96 Å². The van der Waals surface area contributed by atoms with Gasteiger partial charge in [-0.05, 0) is 53.6 Å². The number of aromatic nitrogens is 2. The molecule has 0 saturated heterocycles. The van der Waals surface area contributed by atoms with Gasteiger partial charge in [-0.3, -0.25) is 4.40 Å². The maximum absolute atomic E-state index is 5.99. The topological polar surface area (TPSA) is 30.4 Å². The van der Waals surface area contributed by atoms with Gasteiger partial charge in [-0.15, -0.1) is 0 Å². The lowest BCUT2D eigenvalue weighted by atomic mass is 10.0. The smallest absolute Gasteiger partial charge is 0.195 e. The number of hydrogen-bond acceptors (Lipinski definition) is 3. The van der Waals surface area contributed by atoms with E-state index in [-0.39, 0.29) is 0 Å². The summed E-state index contributed by atoms with van der Waals surface area (Å²) in [6.45, 7) is 0. The summed E-state index contributed by atoms with van der Waals surface area (Å²) >= 11 is 1.73. The van der Waals surface area contributed by atoms with Crippen LogP contribution in [-0.2, 0) is 0 Å². The first-order chi connectivity index (χ1) is 14.3. The molecule has 0 aliphatic heterocycles. The van der Waals surface area contributed by atoms with Gasteiger partial charge in [-0.25, -0.2) is 4.98 Å². The molecule has 4 heteroatoms. The van der Waals surface area contributed by atoms with Crippen molar-refractivity contribution >= 4 is 59.5 Å². The molecular formula is C25H14N2OS. The molecule has 7 aromatic rings. The molecule has 136 valence electrons. The van der Waals surface area contributed by atoms with E-state index >= 15 is 0 Å². The van der Waals surface area contributed by atoms with Crippen molar-refractivity contribution in [1.29, 1.82) is 0 Å². The predicted octanol–water partition coefficient (Wildman–Crippen LogP) is 7.27. The highest BCUT2D eigenvalue weighted by atomic mass is 32.1. The first kappa shape index (κ1) is 15.3. The fourth-order valence-electron chi connectivity index (χ4n) is 4.27. The standard InChI is InChI=1S/C25H14N2OS/c1-4-8-22-17(5-1)18-13-15(9-11-23(18)28-22)16-10-12-24-21(14-16)27-20-7-3-2-6-19(20)26-25(27)29-24/h1-14H. The lowest BCUT2D eigenvalue weighted by molar-refractivity contribution is 0.669. The monoisotopic (exact) mass is 390 g/mol. The Morgan fingerprint density at radius 2 is 1.48 bits per heavy atom. The van der Waals surface area contributed by atoms with E-state index in [1.165, 1.54) is 21.3 Å². The molecule has 7 rings (SSSR count). The molecule has 3 aromatic heterocycles. The Bertz CT molecular complexity index is 1720. The Labute approximate surface area is 169 Å².